The Morgan fingerprint density at radius 1 is 1.04 bits per heavy atom. The third-order valence-corrected chi connectivity index (χ3v) is 5.25. The summed E-state index contributed by atoms with van der Waals surface area (Å²) in [5, 5.41) is 3.35. The van der Waals surface area contributed by atoms with Crippen LogP contribution < -0.4 is 10.2 Å². The molecule has 0 unspecified atom stereocenters. The number of hydrogen-bond donors (Lipinski definition) is 1. The maximum atomic E-state index is 12.8. The number of rotatable bonds is 6. The van der Waals surface area contributed by atoms with E-state index in [1.807, 2.05) is 30.1 Å². The van der Waals surface area contributed by atoms with Crippen LogP contribution in [0.1, 0.15) is 35.7 Å². The molecule has 1 amide bonds. The van der Waals surface area contributed by atoms with E-state index in [-0.39, 0.29) is 18.3 Å². The Morgan fingerprint density at radius 2 is 1.67 bits per heavy atom. The molecular formula is C22H30ClN3O. The first-order chi connectivity index (χ1) is 12.7. The minimum atomic E-state index is 0. The molecule has 27 heavy (non-hydrogen) atoms. The molecule has 3 rings (SSSR count). The molecule has 0 spiro atoms. The van der Waals surface area contributed by atoms with Crippen LogP contribution in [0.25, 0.3) is 0 Å². The molecule has 1 fully saturated rings. The van der Waals surface area contributed by atoms with Gasteiger partial charge in [-0.25, -0.2) is 0 Å². The van der Waals surface area contributed by atoms with Crippen molar-refractivity contribution in [2.75, 3.05) is 31.6 Å². The normalized spacial score (nSPS) is 14.3. The Labute approximate surface area is 169 Å². The van der Waals surface area contributed by atoms with E-state index in [1.165, 1.54) is 5.56 Å². The summed E-state index contributed by atoms with van der Waals surface area (Å²) in [5.74, 6) is 0.120. The average molecular weight is 388 g/mol. The number of carbonyl (C=O) groups is 1. The minimum absolute atomic E-state index is 0. The van der Waals surface area contributed by atoms with Crippen molar-refractivity contribution in [1.82, 2.24) is 10.2 Å². The van der Waals surface area contributed by atoms with Crippen LogP contribution in [0.2, 0.25) is 0 Å². The van der Waals surface area contributed by atoms with Crippen LogP contribution in [0.15, 0.2) is 54.6 Å². The van der Waals surface area contributed by atoms with Gasteiger partial charge in [-0.05, 0) is 62.7 Å². The lowest BCUT2D eigenvalue weighted by Crippen LogP contribution is -2.43. The molecule has 1 N–H and O–H groups in total. The molecule has 0 saturated carbocycles. The number of benzene rings is 2. The Morgan fingerprint density at radius 3 is 2.26 bits per heavy atom. The van der Waals surface area contributed by atoms with Crippen molar-refractivity contribution in [3.63, 3.8) is 0 Å². The van der Waals surface area contributed by atoms with Crippen molar-refractivity contribution in [2.45, 2.75) is 32.4 Å². The second-order valence-corrected chi connectivity index (χ2v) is 6.94. The first kappa shape index (κ1) is 21.3. The number of amides is 1. The third-order valence-electron chi connectivity index (χ3n) is 5.25. The summed E-state index contributed by atoms with van der Waals surface area (Å²) < 4.78 is 0. The number of halogens is 1. The molecule has 0 bridgehead atoms. The van der Waals surface area contributed by atoms with Gasteiger partial charge in [-0.2, -0.15) is 0 Å². The smallest absolute Gasteiger partial charge is 0.253 e. The van der Waals surface area contributed by atoms with Gasteiger partial charge in [0.2, 0.25) is 0 Å². The highest BCUT2D eigenvalue weighted by Crippen LogP contribution is 2.20. The van der Waals surface area contributed by atoms with Gasteiger partial charge in [0.25, 0.3) is 5.91 Å². The zero-order chi connectivity index (χ0) is 18.4. The van der Waals surface area contributed by atoms with E-state index < -0.39 is 0 Å². The van der Waals surface area contributed by atoms with Crippen LogP contribution in [0, 0.1) is 0 Å². The highest BCUT2D eigenvalue weighted by atomic mass is 35.5. The van der Waals surface area contributed by atoms with E-state index in [9.17, 15) is 4.79 Å². The second kappa shape index (κ2) is 10.3. The molecular weight excluding hydrogens is 358 g/mol. The van der Waals surface area contributed by atoms with E-state index in [4.69, 9.17) is 0 Å². The van der Waals surface area contributed by atoms with E-state index in [1.54, 1.807) is 0 Å². The molecule has 4 nitrogen and oxygen atoms in total. The number of anilines is 1. The largest absolute Gasteiger partial charge is 0.367 e. The fraction of sp³-hybridized carbons (Fsp3) is 0.409. The zero-order valence-corrected chi connectivity index (χ0v) is 17.0. The van der Waals surface area contributed by atoms with Crippen LogP contribution in [-0.2, 0) is 6.54 Å². The van der Waals surface area contributed by atoms with Gasteiger partial charge in [-0.15, -0.1) is 12.4 Å². The highest BCUT2D eigenvalue weighted by Gasteiger charge is 2.22. The van der Waals surface area contributed by atoms with E-state index in [0.29, 0.717) is 6.04 Å². The highest BCUT2D eigenvalue weighted by molar-refractivity contribution is 5.94. The van der Waals surface area contributed by atoms with Gasteiger partial charge < -0.3 is 15.1 Å². The molecule has 5 heteroatoms. The SMILES string of the molecule is CCN(Cc1ccccc1)c1ccc(C(=O)N(C)C2CCNCC2)cc1.Cl. The molecule has 0 aliphatic carbocycles. The predicted octanol–water partition coefficient (Wildman–Crippen LogP) is 3.96. The molecule has 1 aliphatic rings. The lowest BCUT2D eigenvalue weighted by atomic mass is 10.0. The van der Waals surface area contributed by atoms with Crippen molar-refractivity contribution in [2.24, 2.45) is 0 Å². The van der Waals surface area contributed by atoms with E-state index >= 15 is 0 Å². The second-order valence-electron chi connectivity index (χ2n) is 6.94. The minimum Gasteiger partial charge on any atom is -0.367 e. The van der Waals surface area contributed by atoms with Crippen LogP contribution in [0.3, 0.4) is 0 Å². The Balaban J connectivity index is 0.00000261. The van der Waals surface area contributed by atoms with Gasteiger partial charge in [-0.1, -0.05) is 30.3 Å². The third kappa shape index (κ3) is 5.47. The molecule has 0 atom stereocenters. The standard InChI is InChI=1S/C22H29N3O.ClH/c1-3-25(17-18-7-5-4-6-8-18)21-11-9-19(10-12-21)22(26)24(2)20-13-15-23-16-14-20;/h4-12,20,23H,3,13-17H2,1-2H3;1H. The molecule has 2 aromatic rings. The summed E-state index contributed by atoms with van der Waals surface area (Å²) in [6.07, 6.45) is 2.06. The Bertz CT molecular complexity index is 699. The summed E-state index contributed by atoms with van der Waals surface area (Å²) in [6, 6.07) is 18.9. The molecule has 146 valence electrons. The Kier molecular flexibility index (Phi) is 8.14. The number of piperidine rings is 1. The van der Waals surface area contributed by atoms with E-state index in [2.05, 4.69) is 53.5 Å². The molecule has 0 radical (unpaired) electrons. The first-order valence-electron chi connectivity index (χ1n) is 9.56. The molecule has 2 aromatic carbocycles. The summed E-state index contributed by atoms with van der Waals surface area (Å²) in [4.78, 5) is 17.0. The van der Waals surface area contributed by atoms with Crippen LogP contribution in [0.4, 0.5) is 5.69 Å². The van der Waals surface area contributed by atoms with Crippen LogP contribution in [-0.4, -0.2) is 43.5 Å². The first-order valence-corrected chi connectivity index (χ1v) is 9.56. The number of nitrogens with one attached hydrogen (secondary N) is 1. The predicted molar refractivity (Wildman–Crippen MR) is 115 cm³/mol. The summed E-state index contributed by atoms with van der Waals surface area (Å²) in [7, 11) is 1.93. The number of carbonyl (C=O) groups excluding carboxylic acids is 1. The van der Waals surface area contributed by atoms with Gasteiger partial charge >= 0.3 is 0 Å². The zero-order valence-electron chi connectivity index (χ0n) is 16.2. The van der Waals surface area contributed by atoms with Gasteiger partial charge in [-0.3, -0.25) is 4.79 Å². The fourth-order valence-electron chi connectivity index (χ4n) is 3.57. The number of nitrogens with zero attached hydrogens (tertiary/aromatic N) is 2. The molecule has 1 aliphatic heterocycles. The molecule has 1 saturated heterocycles. The molecule has 1 heterocycles. The lowest BCUT2D eigenvalue weighted by molar-refractivity contribution is 0.0703. The fourth-order valence-corrected chi connectivity index (χ4v) is 3.57. The van der Waals surface area contributed by atoms with Crippen LogP contribution >= 0.6 is 12.4 Å². The lowest BCUT2D eigenvalue weighted by Gasteiger charge is -2.32. The summed E-state index contributed by atoms with van der Waals surface area (Å²) in [6.45, 7) is 5.95. The van der Waals surface area contributed by atoms with Crippen molar-refractivity contribution in [3.8, 4) is 0 Å². The Hall–Kier alpha value is -2.04. The molecule has 0 aromatic heterocycles. The van der Waals surface area contributed by atoms with Gasteiger partial charge in [0.05, 0.1) is 0 Å². The maximum absolute atomic E-state index is 12.8. The van der Waals surface area contributed by atoms with Crippen molar-refractivity contribution in [1.29, 1.82) is 0 Å². The number of hydrogen-bond acceptors (Lipinski definition) is 3. The maximum Gasteiger partial charge on any atom is 0.253 e. The quantitative estimate of drug-likeness (QED) is 0.814. The van der Waals surface area contributed by atoms with Crippen molar-refractivity contribution < 1.29 is 4.79 Å². The monoisotopic (exact) mass is 387 g/mol. The van der Waals surface area contributed by atoms with E-state index in [0.717, 1.165) is 50.3 Å². The van der Waals surface area contributed by atoms with Gasteiger partial charge in [0.15, 0.2) is 0 Å². The average Bonchev–Trinajstić information content (AvgIpc) is 2.72. The van der Waals surface area contributed by atoms with Crippen LogP contribution in [0.5, 0.6) is 0 Å². The van der Waals surface area contributed by atoms with Crippen molar-refractivity contribution in [3.05, 3.63) is 65.7 Å². The summed E-state index contributed by atoms with van der Waals surface area (Å²) in [5.41, 5.74) is 3.21. The van der Waals surface area contributed by atoms with Crippen molar-refractivity contribution >= 4 is 24.0 Å². The summed E-state index contributed by atoms with van der Waals surface area (Å²) >= 11 is 0. The van der Waals surface area contributed by atoms with Gasteiger partial charge in [0, 0.05) is 37.4 Å². The van der Waals surface area contributed by atoms with Gasteiger partial charge in [0.1, 0.15) is 0 Å². The topological polar surface area (TPSA) is 35.6 Å².